The van der Waals surface area contributed by atoms with E-state index in [1.165, 1.54) is 16.7 Å². The highest BCUT2D eigenvalue weighted by Crippen LogP contribution is 2.58. The molecule has 2 aromatic rings. The second kappa shape index (κ2) is 9.27. The molecule has 0 unspecified atom stereocenters. The predicted octanol–water partition coefficient (Wildman–Crippen LogP) is 5.38. The van der Waals surface area contributed by atoms with Crippen LogP contribution in [0.25, 0.3) is 0 Å². The van der Waals surface area contributed by atoms with Crippen molar-refractivity contribution in [2.75, 3.05) is 27.2 Å². The van der Waals surface area contributed by atoms with Crippen molar-refractivity contribution >= 4 is 5.97 Å². The molecular formula is C28H37NO3. The molecule has 172 valence electrons. The van der Waals surface area contributed by atoms with E-state index in [9.17, 15) is 4.79 Å². The lowest BCUT2D eigenvalue weighted by Gasteiger charge is -2.54. The van der Waals surface area contributed by atoms with Crippen molar-refractivity contribution in [3.05, 3.63) is 65.2 Å². The maximum atomic E-state index is 13.3. The molecule has 1 saturated carbocycles. The van der Waals surface area contributed by atoms with Crippen molar-refractivity contribution < 1.29 is 14.3 Å². The fourth-order valence-corrected chi connectivity index (χ4v) is 6.00. The largest absolute Gasteiger partial charge is 0.489 e. The van der Waals surface area contributed by atoms with E-state index in [2.05, 4.69) is 49.1 Å². The quantitative estimate of drug-likeness (QED) is 0.547. The van der Waals surface area contributed by atoms with E-state index in [-0.39, 0.29) is 17.3 Å². The van der Waals surface area contributed by atoms with Crippen molar-refractivity contribution in [2.24, 2.45) is 11.3 Å². The molecule has 0 bridgehead atoms. The first-order chi connectivity index (χ1) is 15.3. The van der Waals surface area contributed by atoms with Gasteiger partial charge in [0.15, 0.2) is 0 Å². The molecule has 32 heavy (non-hydrogen) atoms. The van der Waals surface area contributed by atoms with Gasteiger partial charge in [0.25, 0.3) is 0 Å². The number of hydrogen-bond donors (Lipinski definition) is 0. The highest BCUT2D eigenvalue weighted by Gasteiger charge is 2.55. The van der Waals surface area contributed by atoms with Crippen LogP contribution < -0.4 is 4.74 Å². The van der Waals surface area contributed by atoms with Crippen molar-refractivity contribution in [3.63, 3.8) is 0 Å². The Hall–Kier alpha value is -2.33. The van der Waals surface area contributed by atoms with E-state index in [1.54, 1.807) is 0 Å². The van der Waals surface area contributed by atoms with Gasteiger partial charge in [0.2, 0.25) is 0 Å². The van der Waals surface area contributed by atoms with Crippen molar-refractivity contribution in [3.8, 4) is 5.75 Å². The van der Waals surface area contributed by atoms with Gasteiger partial charge in [-0.05, 0) is 86.9 Å². The smallest absolute Gasteiger partial charge is 0.312 e. The van der Waals surface area contributed by atoms with E-state index in [4.69, 9.17) is 9.47 Å². The molecule has 2 aromatic carbocycles. The van der Waals surface area contributed by atoms with Crippen LogP contribution in [-0.4, -0.2) is 38.1 Å². The molecular weight excluding hydrogens is 398 g/mol. The van der Waals surface area contributed by atoms with E-state index >= 15 is 0 Å². The molecule has 3 atom stereocenters. The van der Waals surface area contributed by atoms with Gasteiger partial charge in [0, 0.05) is 6.54 Å². The maximum absolute atomic E-state index is 13.3. The van der Waals surface area contributed by atoms with Crippen LogP contribution in [0.5, 0.6) is 5.75 Å². The minimum absolute atomic E-state index is 0.0183. The van der Waals surface area contributed by atoms with E-state index in [1.807, 2.05) is 32.3 Å². The van der Waals surface area contributed by atoms with Crippen LogP contribution >= 0.6 is 0 Å². The third-order valence-electron chi connectivity index (χ3n) is 7.82. The summed E-state index contributed by atoms with van der Waals surface area (Å²) in [4.78, 5) is 15.3. The Balaban J connectivity index is 1.55. The molecule has 0 aromatic heterocycles. The number of hydrogen-bond acceptors (Lipinski definition) is 4. The average molecular weight is 436 g/mol. The van der Waals surface area contributed by atoms with Crippen LogP contribution in [0.1, 0.15) is 56.2 Å². The molecule has 0 radical (unpaired) electrons. The standard InChI is InChI=1S/C28H37NO3/c1-27-15-8-16-28(2,26(30)31-18-17-29(3)4)25(27)14-12-22-11-13-23(19-24(22)27)32-20-21-9-6-5-7-10-21/h5-7,9-11,13,19,25H,8,12,14-18,20H2,1-4H3/t25-,27-,28-/m1/s1. The van der Waals surface area contributed by atoms with E-state index in [0.717, 1.165) is 44.4 Å². The molecule has 1 fully saturated rings. The lowest BCUT2D eigenvalue weighted by atomic mass is 9.50. The van der Waals surface area contributed by atoms with Crippen LogP contribution in [0.15, 0.2) is 48.5 Å². The fraction of sp³-hybridized carbons (Fsp3) is 0.536. The minimum atomic E-state index is -0.433. The topological polar surface area (TPSA) is 38.8 Å². The van der Waals surface area contributed by atoms with E-state index in [0.29, 0.717) is 13.2 Å². The van der Waals surface area contributed by atoms with Crippen LogP contribution in [0.3, 0.4) is 0 Å². The summed E-state index contributed by atoms with van der Waals surface area (Å²) in [5, 5.41) is 0. The summed E-state index contributed by atoms with van der Waals surface area (Å²) in [6, 6.07) is 16.9. The summed E-state index contributed by atoms with van der Waals surface area (Å²) < 4.78 is 11.9. The van der Waals surface area contributed by atoms with Crippen molar-refractivity contribution in [1.82, 2.24) is 4.90 Å². The van der Waals surface area contributed by atoms with Gasteiger partial charge in [0.1, 0.15) is 19.0 Å². The van der Waals surface area contributed by atoms with Crippen molar-refractivity contribution in [1.29, 1.82) is 0 Å². The molecule has 2 aliphatic carbocycles. The third kappa shape index (κ3) is 4.43. The number of likely N-dealkylation sites (N-methyl/N-ethyl adjacent to an activating group) is 1. The number of nitrogens with zero attached hydrogens (tertiary/aromatic N) is 1. The summed E-state index contributed by atoms with van der Waals surface area (Å²) >= 11 is 0. The lowest BCUT2D eigenvalue weighted by Crippen LogP contribution is -2.53. The summed E-state index contributed by atoms with van der Waals surface area (Å²) in [6.45, 7) is 6.29. The van der Waals surface area contributed by atoms with Gasteiger partial charge in [-0.2, -0.15) is 0 Å². The first-order valence-electron chi connectivity index (χ1n) is 11.9. The fourth-order valence-electron chi connectivity index (χ4n) is 6.00. The normalized spacial score (nSPS) is 26.8. The molecule has 0 saturated heterocycles. The maximum Gasteiger partial charge on any atom is 0.312 e. The number of benzene rings is 2. The Morgan fingerprint density at radius 3 is 2.62 bits per heavy atom. The second-order valence-electron chi connectivity index (χ2n) is 10.3. The lowest BCUT2D eigenvalue weighted by molar-refractivity contribution is -0.164. The van der Waals surface area contributed by atoms with Gasteiger partial charge in [-0.25, -0.2) is 0 Å². The van der Waals surface area contributed by atoms with Gasteiger partial charge in [-0.3, -0.25) is 4.79 Å². The van der Waals surface area contributed by atoms with Gasteiger partial charge in [0.05, 0.1) is 5.41 Å². The Morgan fingerprint density at radius 1 is 1.09 bits per heavy atom. The average Bonchev–Trinajstić information content (AvgIpc) is 2.78. The molecule has 4 nitrogen and oxygen atoms in total. The van der Waals surface area contributed by atoms with Crippen molar-refractivity contribution in [2.45, 2.75) is 58.0 Å². The number of carbonyl (C=O) groups is 1. The Morgan fingerprint density at radius 2 is 1.88 bits per heavy atom. The number of ether oxygens (including phenoxy) is 2. The Bertz CT molecular complexity index is 941. The third-order valence-corrected chi connectivity index (χ3v) is 7.82. The molecule has 4 heteroatoms. The highest BCUT2D eigenvalue weighted by atomic mass is 16.5. The van der Waals surface area contributed by atoms with Gasteiger partial charge in [-0.15, -0.1) is 0 Å². The predicted molar refractivity (Wildman–Crippen MR) is 128 cm³/mol. The number of fused-ring (bicyclic) bond motifs is 3. The van der Waals surface area contributed by atoms with Gasteiger partial charge < -0.3 is 14.4 Å². The molecule has 0 amide bonds. The Labute approximate surface area is 192 Å². The second-order valence-corrected chi connectivity index (χ2v) is 10.3. The molecule has 0 heterocycles. The molecule has 0 spiro atoms. The van der Waals surface area contributed by atoms with Gasteiger partial charge >= 0.3 is 5.97 Å². The van der Waals surface area contributed by atoms with Crippen LogP contribution in [-0.2, 0) is 28.0 Å². The molecule has 0 N–H and O–H groups in total. The monoisotopic (exact) mass is 435 g/mol. The summed E-state index contributed by atoms with van der Waals surface area (Å²) in [7, 11) is 4.01. The summed E-state index contributed by atoms with van der Waals surface area (Å²) in [5.41, 5.74) is 3.47. The minimum Gasteiger partial charge on any atom is -0.489 e. The molecule has 0 aliphatic heterocycles. The van der Waals surface area contributed by atoms with Crippen LogP contribution in [0.2, 0.25) is 0 Å². The number of rotatable bonds is 7. The summed E-state index contributed by atoms with van der Waals surface area (Å²) in [6.07, 6.45) is 5.10. The first-order valence-corrected chi connectivity index (χ1v) is 11.9. The van der Waals surface area contributed by atoms with Gasteiger partial charge in [-0.1, -0.05) is 49.7 Å². The highest BCUT2D eigenvalue weighted by molar-refractivity contribution is 5.77. The zero-order chi connectivity index (χ0) is 22.8. The number of esters is 1. The molecule has 4 rings (SSSR count). The van der Waals surface area contributed by atoms with Crippen LogP contribution in [0.4, 0.5) is 0 Å². The SMILES string of the molecule is CN(C)CCOC(=O)[C@]1(C)CCC[C@]2(C)c3cc(OCc4ccccc4)ccc3CC[C@@H]12. The first kappa shape index (κ1) is 22.8. The number of aryl methyl sites for hydroxylation is 1. The zero-order valence-electron chi connectivity index (χ0n) is 20.0. The summed E-state index contributed by atoms with van der Waals surface area (Å²) in [5.74, 6) is 1.18. The zero-order valence-corrected chi connectivity index (χ0v) is 20.0. The number of carbonyl (C=O) groups excluding carboxylic acids is 1. The van der Waals surface area contributed by atoms with Crippen LogP contribution in [0, 0.1) is 11.3 Å². The molecule has 2 aliphatic rings. The van der Waals surface area contributed by atoms with E-state index < -0.39 is 5.41 Å². The Kier molecular flexibility index (Phi) is 6.62.